The van der Waals surface area contributed by atoms with E-state index in [1.54, 1.807) is 36.4 Å². The van der Waals surface area contributed by atoms with Crippen LogP contribution in [0, 0.1) is 0 Å². The van der Waals surface area contributed by atoms with E-state index in [9.17, 15) is 19.2 Å². The van der Waals surface area contributed by atoms with Crippen LogP contribution in [-0.2, 0) is 19.1 Å². The molecule has 26 heavy (non-hydrogen) atoms. The summed E-state index contributed by atoms with van der Waals surface area (Å²) in [4.78, 5) is 46.0. The molecule has 0 fully saturated rings. The molecular formula is C16H14Na4O6. The third-order valence-electron chi connectivity index (χ3n) is 2.56. The van der Waals surface area contributed by atoms with E-state index < -0.39 is 23.9 Å². The molecule has 0 radical (unpaired) electrons. The van der Waals surface area contributed by atoms with Gasteiger partial charge in [-0.3, -0.25) is 0 Å². The molecule has 0 aromatic heterocycles. The summed E-state index contributed by atoms with van der Waals surface area (Å²) >= 11 is 0. The molecule has 0 aliphatic heterocycles. The Labute approximate surface area is 238 Å². The van der Waals surface area contributed by atoms with Gasteiger partial charge in [0.05, 0.1) is 11.1 Å². The first-order valence-electron chi connectivity index (χ1n) is 6.20. The van der Waals surface area contributed by atoms with Gasteiger partial charge in [0.25, 0.3) is 0 Å². The Hall–Kier alpha value is 0.720. The molecule has 0 unspecified atom stereocenters. The summed E-state index contributed by atoms with van der Waals surface area (Å²) in [7, 11) is 0. The SMILES string of the molecule is O=C(OC(=O)c1ccccc1)C(=O)OC(=O)c1ccccc1.[NaH].[NaH].[NaH].[NaH]. The molecule has 0 spiro atoms. The van der Waals surface area contributed by atoms with Crippen LogP contribution in [0.4, 0.5) is 0 Å². The molecule has 0 bridgehead atoms. The van der Waals surface area contributed by atoms with E-state index in [-0.39, 0.29) is 129 Å². The van der Waals surface area contributed by atoms with Gasteiger partial charge < -0.3 is 9.47 Å². The fourth-order valence-corrected chi connectivity index (χ4v) is 1.52. The zero-order valence-corrected chi connectivity index (χ0v) is 11.2. The summed E-state index contributed by atoms with van der Waals surface area (Å²) in [6.07, 6.45) is 0. The first-order chi connectivity index (χ1) is 10.6. The summed E-state index contributed by atoms with van der Waals surface area (Å²) < 4.78 is 8.66. The number of carbonyl (C=O) groups excluding carboxylic acids is 4. The fraction of sp³-hybridized carbons (Fsp3) is 0. The molecular weight excluding hydrogens is 380 g/mol. The molecule has 0 aliphatic carbocycles. The molecule has 0 saturated carbocycles. The first-order valence-corrected chi connectivity index (χ1v) is 6.20. The van der Waals surface area contributed by atoms with E-state index in [2.05, 4.69) is 9.47 Å². The van der Waals surface area contributed by atoms with E-state index in [1.165, 1.54) is 24.3 Å². The van der Waals surface area contributed by atoms with Crippen LogP contribution in [0.15, 0.2) is 60.7 Å². The Morgan fingerprint density at radius 1 is 0.500 bits per heavy atom. The van der Waals surface area contributed by atoms with Crippen LogP contribution in [0.2, 0.25) is 0 Å². The predicted octanol–water partition coefficient (Wildman–Crippen LogP) is -0.840. The third-order valence-corrected chi connectivity index (χ3v) is 2.56. The minimum absolute atomic E-state index is 0. The van der Waals surface area contributed by atoms with Crippen molar-refractivity contribution < 1.29 is 28.7 Å². The summed E-state index contributed by atoms with van der Waals surface area (Å²) in [6.45, 7) is 0. The quantitative estimate of drug-likeness (QED) is 0.286. The minimum atomic E-state index is -1.56. The van der Waals surface area contributed by atoms with E-state index >= 15 is 0 Å². The molecule has 6 nitrogen and oxygen atoms in total. The normalized spacial score (nSPS) is 8.15. The summed E-state index contributed by atoms with van der Waals surface area (Å²) in [5.74, 6) is -5.12. The average molecular weight is 394 g/mol. The van der Waals surface area contributed by atoms with Gasteiger partial charge in [0, 0.05) is 0 Å². The van der Waals surface area contributed by atoms with Gasteiger partial charge in [-0.15, -0.1) is 0 Å². The molecule has 0 saturated heterocycles. The number of carbonyl (C=O) groups is 4. The van der Waals surface area contributed by atoms with E-state index in [1.807, 2.05) is 0 Å². The second-order valence-corrected chi connectivity index (χ2v) is 4.09. The van der Waals surface area contributed by atoms with Gasteiger partial charge in [0.2, 0.25) is 0 Å². The zero-order chi connectivity index (χ0) is 15.9. The number of hydrogen-bond donors (Lipinski definition) is 0. The van der Waals surface area contributed by atoms with Crippen LogP contribution >= 0.6 is 0 Å². The molecule has 0 amide bonds. The Kier molecular flexibility index (Phi) is 20.1. The van der Waals surface area contributed by atoms with Crippen molar-refractivity contribution in [2.45, 2.75) is 0 Å². The van der Waals surface area contributed by atoms with E-state index in [4.69, 9.17) is 0 Å². The van der Waals surface area contributed by atoms with Crippen LogP contribution in [0.5, 0.6) is 0 Å². The van der Waals surface area contributed by atoms with Crippen molar-refractivity contribution in [1.29, 1.82) is 0 Å². The molecule has 2 aromatic rings. The Morgan fingerprint density at radius 2 is 0.769 bits per heavy atom. The van der Waals surface area contributed by atoms with Crippen molar-refractivity contribution in [3.63, 3.8) is 0 Å². The maximum absolute atomic E-state index is 11.6. The van der Waals surface area contributed by atoms with Crippen molar-refractivity contribution in [3.8, 4) is 0 Å². The molecule has 2 aromatic carbocycles. The summed E-state index contributed by atoms with van der Waals surface area (Å²) in [5, 5.41) is 0. The van der Waals surface area contributed by atoms with Crippen molar-refractivity contribution >= 4 is 142 Å². The summed E-state index contributed by atoms with van der Waals surface area (Å²) in [6, 6.07) is 15.3. The van der Waals surface area contributed by atoms with Crippen molar-refractivity contribution in [2.24, 2.45) is 0 Å². The monoisotopic (exact) mass is 394 g/mol. The van der Waals surface area contributed by atoms with Crippen LogP contribution in [-0.4, -0.2) is 142 Å². The second kappa shape index (κ2) is 16.7. The molecule has 0 aliphatic rings. The molecule has 0 N–H and O–H groups in total. The Bertz CT molecular complexity index is 659. The van der Waals surface area contributed by atoms with Crippen LogP contribution in [0.25, 0.3) is 0 Å². The fourth-order valence-electron chi connectivity index (χ4n) is 1.52. The maximum atomic E-state index is 11.6. The number of esters is 4. The number of ether oxygens (including phenoxy) is 2. The molecule has 118 valence electrons. The van der Waals surface area contributed by atoms with E-state index in [0.29, 0.717) is 0 Å². The molecule has 0 atom stereocenters. The topological polar surface area (TPSA) is 86.7 Å². The Morgan fingerprint density at radius 3 is 1.04 bits per heavy atom. The number of benzene rings is 2. The van der Waals surface area contributed by atoms with Crippen molar-refractivity contribution in [1.82, 2.24) is 0 Å². The second-order valence-electron chi connectivity index (χ2n) is 4.09. The standard InChI is InChI=1S/C16H10O6.4Na.4H/c17-13(11-7-3-1-4-8-11)21-15(19)16(20)22-14(18)12-9-5-2-6-10-12;;;;;;;;/h1-10H;;;;;;;;. The van der Waals surface area contributed by atoms with Crippen LogP contribution in [0.1, 0.15) is 20.7 Å². The van der Waals surface area contributed by atoms with Gasteiger partial charge in [-0.2, -0.15) is 0 Å². The van der Waals surface area contributed by atoms with Gasteiger partial charge in [-0.1, -0.05) is 36.4 Å². The van der Waals surface area contributed by atoms with Gasteiger partial charge in [-0.25, -0.2) is 19.2 Å². The molecule has 0 heterocycles. The van der Waals surface area contributed by atoms with Gasteiger partial charge in [-0.05, 0) is 24.3 Å². The predicted molar refractivity (Wildman–Crippen MR) is 102 cm³/mol. The van der Waals surface area contributed by atoms with Gasteiger partial charge in [0.1, 0.15) is 0 Å². The van der Waals surface area contributed by atoms with Crippen LogP contribution in [0.3, 0.4) is 0 Å². The molecule has 2 rings (SSSR count). The number of rotatable bonds is 2. The third kappa shape index (κ3) is 10.3. The first kappa shape index (κ1) is 31.4. The van der Waals surface area contributed by atoms with Crippen molar-refractivity contribution in [2.75, 3.05) is 0 Å². The summed E-state index contributed by atoms with van der Waals surface area (Å²) in [5.41, 5.74) is 0.191. The number of hydrogen-bond acceptors (Lipinski definition) is 6. The zero-order valence-electron chi connectivity index (χ0n) is 11.2. The van der Waals surface area contributed by atoms with Crippen LogP contribution < -0.4 is 0 Å². The van der Waals surface area contributed by atoms with Crippen molar-refractivity contribution in [3.05, 3.63) is 71.8 Å². The van der Waals surface area contributed by atoms with Gasteiger partial charge >= 0.3 is 142 Å². The van der Waals surface area contributed by atoms with Gasteiger partial charge in [0.15, 0.2) is 0 Å². The molecule has 10 heteroatoms. The van der Waals surface area contributed by atoms with E-state index in [0.717, 1.165) is 0 Å². The Balaban J connectivity index is -0.00000132. The average Bonchev–Trinajstić information content (AvgIpc) is 2.56.